The lowest BCUT2D eigenvalue weighted by molar-refractivity contribution is 1.09. The van der Waals surface area contributed by atoms with Crippen LogP contribution in [0.25, 0.3) is 0 Å². The van der Waals surface area contributed by atoms with Crippen molar-refractivity contribution in [3.05, 3.63) is 17.7 Å². The predicted molar refractivity (Wildman–Crippen MR) is 57.5 cm³/mol. The van der Waals surface area contributed by atoms with Gasteiger partial charge < -0.3 is 4.98 Å². The van der Waals surface area contributed by atoms with Crippen LogP contribution >= 0.6 is 0 Å². The molecule has 0 spiro atoms. The second kappa shape index (κ2) is 10.2. The minimum absolute atomic E-state index is 0. The highest BCUT2D eigenvalue weighted by atomic mass is 14.9. The zero-order chi connectivity index (χ0) is 9.98. The molecule has 0 amide bonds. The van der Waals surface area contributed by atoms with Crippen molar-refractivity contribution in [3.63, 3.8) is 0 Å². The summed E-state index contributed by atoms with van der Waals surface area (Å²) in [6, 6.07) is 0. The molecule has 0 radical (unpaired) electrons. The average molecular weight is 172 g/mol. The molecular weight excluding hydrogens is 148 g/mol. The topological polar surface area (TPSA) is 28.7 Å². The van der Waals surface area contributed by atoms with Crippen LogP contribution in [0.4, 0.5) is 0 Å². The molecule has 1 aromatic heterocycles. The summed E-state index contributed by atoms with van der Waals surface area (Å²) < 4.78 is 0. The molecule has 0 aromatic carbocycles. The van der Waals surface area contributed by atoms with Crippen LogP contribution in [0.15, 0.2) is 6.33 Å². The Hall–Kier alpha value is -0.790. The van der Waals surface area contributed by atoms with Crippen LogP contribution < -0.4 is 0 Å². The van der Waals surface area contributed by atoms with Gasteiger partial charge in [0.2, 0.25) is 0 Å². The number of rotatable bonds is 0. The van der Waals surface area contributed by atoms with E-state index in [4.69, 9.17) is 0 Å². The summed E-state index contributed by atoms with van der Waals surface area (Å²) in [7, 11) is 0. The highest BCUT2D eigenvalue weighted by molar-refractivity contribution is 5.04. The number of hydrogen-bond acceptors (Lipinski definition) is 1. The maximum atomic E-state index is 3.96. The van der Waals surface area contributed by atoms with Crippen molar-refractivity contribution in [3.8, 4) is 0 Å². The van der Waals surface area contributed by atoms with Gasteiger partial charge >= 0.3 is 0 Å². The van der Waals surface area contributed by atoms with E-state index in [2.05, 4.69) is 23.8 Å². The number of aromatic amines is 1. The average Bonchev–Trinajstić information content (AvgIpc) is 2.42. The predicted octanol–water partition coefficient (Wildman–Crippen LogP) is 3.72. The maximum absolute atomic E-state index is 3.96. The molecule has 12 heavy (non-hydrogen) atoms. The normalized spacial score (nSPS) is 7.50. The summed E-state index contributed by atoms with van der Waals surface area (Å²) in [6.45, 7) is 12.2. The SMILES string of the molecule is CC.CCC.Cc1nc[nH]c1C.[HH]. The summed E-state index contributed by atoms with van der Waals surface area (Å²) in [5, 5.41) is 0. The zero-order valence-corrected chi connectivity index (χ0v) is 9.23. The molecule has 2 nitrogen and oxygen atoms in total. The van der Waals surface area contributed by atoms with Crippen LogP contribution in [0.5, 0.6) is 0 Å². The van der Waals surface area contributed by atoms with Gasteiger partial charge in [0, 0.05) is 7.12 Å². The fourth-order valence-electron chi connectivity index (χ4n) is 0.427. The Balaban J connectivity index is -0.000000146. The fraction of sp³-hybridized carbons (Fsp3) is 0.700. The van der Waals surface area contributed by atoms with Crippen molar-refractivity contribution in [1.29, 1.82) is 0 Å². The first-order valence-corrected chi connectivity index (χ1v) is 4.68. The molecule has 0 aliphatic rings. The van der Waals surface area contributed by atoms with E-state index in [0.29, 0.717) is 0 Å². The Morgan fingerprint density at radius 3 is 1.83 bits per heavy atom. The standard InChI is InChI=1S/C5H8N2.C3H8.C2H6.H2/c1-4-5(2)7-3-6-4;1-3-2;1-2;/h3H,1-2H3,(H,6,7);3H2,1-2H3;1-2H3;1H. The quantitative estimate of drug-likeness (QED) is 0.635. The van der Waals surface area contributed by atoms with E-state index in [-0.39, 0.29) is 1.43 Å². The lowest BCUT2D eigenvalue weighted by Crippen LogP contribution is -1.71. The number of aryl methyl sites for hydroxylation is 2. The first kappa shape index (κ1) is 13.8. The third kappa shape index (κ3) is 7.32. The molecule has 74 valence electrons. The van der Waals surface area contributed by atoms with Gasteiger partial charge in [-0.05, 0) is 13.8 Å². The van der Waals surface area contributed by atoms with Gasteiger partial charge in [0.25, 0.3) is 0 Å². The number of hydrogen-bond donors (Lipinski definition) is 1. The van der Waals surface area contributed by atoms with Gasteiger partial charge in [-0.25, -0.2) is 4.98 Å². The van der Waals surface area contributed by atoms with Crippen molar-refractivity contribution in [2.75, 3.05) is 0 Å². The fourth-order valence-corrected chi connectivity index (χ4v) is 0.427. The van der Waals surface area contributed by atoms with E-state index in [1.54, 1.807) is 6.33 Å². The zero-order valence-electron chi connectivity index (χ0n) is 9.23. The summed E-state index contributed by atoms with van der Waals surface area (Å²) >= 11 is 0. The minimum Gasteiger partial charge on any atom is -0.348 e. The molecule has 1 rings (SSSR count). The van der Waals surface area contributed by atoms with Crippen LogP contribution in [0, 0.1) is 13.8 Å². The van der Waals surface area contributed by atoms with Crippen LogP contribution in [-0.4, -0.2) is 9.97 Å². The van der Waals surface area contributed by atoms with Crippen LogP contribution in [-0.2, 0) is 0 Å². The summed E-state index contributed by atoms with van der Waals surface area (Å²) in [5.74, 6) is 0. The lowest BCUT2D eigenvalue weighted by atomic mass is 10.4. The minimum atomic E-state index is 0. The van der Waals surface area contributed by atoms with Gasteiger partial charge in [0.05, 0.1) is 12.0 Å². The Bertz CT molecular complexity index is 157. The molecule has 1 heterocycles. The van der Waals surface area contributed by atoms with E-state index in [1.807, 2.05) is 27.7 Å². The van der Waals surface area contributed by atoms with E-state index >= 15 is 0 Å². The second-order valence-electron chi connectivity index (χ2n) is 2.32. The van der Waals surface area contributed by atoms with Crippen molar-refractivity contribution >= 4 is 0 Å². The molecule has 0 aliphatic heterocycles. The maximum Gasteiger partial charge on any atom is 0.0925 e. The molecule has 0 saturated heterocycles. The van der Waals surface area contributed by atoms with Gasteiger partial charge in [-0.2, -0.15) is 0 Å². The molecule has 0 atom stereocenters. The van der Waals surface area contributed by atoms with E-state index < -0.39 is 0 Å². The van der Waals surface area contributed by atoms with Crippen molar-refractivity contribution in [2.24, 2.45) is 0 Å². The summed E-state index contributed by atoms with van der Waals surface area (Å²) in [6.07, 6.45) is 2.95. The van der Waals surface area contributed by atoms with E-state index in [9.17, 15) is 0 Å². The highest BCUT2D eigenvalue weighted by Crippen LogP contribution is 1.94. The van der Waals surface area contributed by atoms with Gasteiger partial charge in [0.15, 0.2) is 0 Å². The first-order chi connectivity index (χ1) is 5.72. The number of H-pyrrole nitrogens is 1. The Labute approximate surface area is 77.9 Å². The third-order valence-corrected chi connectivity index (χ3v) is 1.08. The molecule has 0 bridgehead atoms. The number of imidazole rings is 1. The molecule has 0 saturated carbocycles. The van der Waals surface area contributed by atoms with Crippen LogP contribution in [0.2, 0.25) is 0 Å². The molecule has 0 aliphatic carbocycles. The number of aromatic nitrogens is 2. The smallest absolute Gasteiger partial charge is 0.0925 e. The second-order valence-corrected chi connectivity index (χ2v) is 2.32. The molecule has 0 unspecified atom stereocenters. The van der Waals surface area contributed by atoms with Crippen molar-refractivity contribution < 1.29 is 1.43 Å². The molecule has 1 aromatic rings. The number of nitrogens with zero attached hydrogens (tertiary/aromatic N) is 1. The van der Waals surface area contributed by atoms with Crippen molar-refractivity contribution in [1.82, 2.24) is 9.97 Å². The van der Waals surface area contributed by atoms with E-state index in [0.717, 1.165) is 11.4 Å². The monoisotopic (exact) mass is 172 g/mol. The number of nitrogens with one attached hydrogen (secondary N) is 1. The van der Waals surface area contributed by atoms with Gasteiger partial charge in [-0.1, -0.05) is 34.1 Å². The van der Waals surface area contributed by atoms with Gasteiger partial charge in [0.1, 0.15) is 0 Å². The summed E-state index contributed by atoms with van der Waals surface area (Å²) in [4.78, 5) is 6.92. The molecule has 1 N–H and O–H groups in total. The highest BCUT2D eigenvalue weighted by Gasteiger charge is 1.87. The largest absolute Gasteiger partial charge is 0.348 e. The Morgan fingerprint density at radius 1 is 1.33 bits per heavy atom. The lowest BCUT2D eigenvalue weighted by Gasteiger charge is -1.79. The third-order valence-electron chi connectivity index (χ3n) is 1.08. The van der Waals surface area contributed by atoms with Gasteiger partial charge in [-0.15, -0.1) is 0 Å². The Kier molecular flexibility index (Phi) is 11.7. The van der Waals surface area contributed by atoms with Crippen LogP contribution in [0.1, 0.15) is 46.9 Å². The Morgan fingerprint density at radius 2 is 1.75 bits per heavy atom. The molecule has 2 heteroatoms. The molecule has 0 fully saturated rings. The van der Waals surface area contributed by atoms with E-state index in [1.165, 1.54) is 6.42 Å². The summed E-state index contributed by atoms with van der Waals surface area (Å²) in [5.41, 5.74) is 2.24. The van der Waals surface area contributed by atoms with Gasteiger partial charge in [-0.3, -0.25) is 0 Å². The first-order valence-electron chi connectivity index (χ1n) is 4.68. The van der Waals surface area contributed by atoms with Crippen LogP contribution in [0.3, 0.4) is 0 Å². The van der Waals surface area contributed by atoms with Crippen molar-refractivity contribution in [2.45, 2.75) is 48.0 Å². The molecular formula is C10H24N2.